The molecule has 0 bridgehead atoms. The molecule has 0 aliphatic carbocycles. The van der Waals surface area contributed by atoms with Crippen LogP contribution < -0.4 is 5.32 Å². The predicted molar refractivity (Wildman–Crippen MR) is 100.0 cm³/mol. The third-order valence-corrected chi connectivity index (χ3v) is 4.07. The van der Waals surface area contributed by atoms with Crippen LogP contribution in [0.15, 0.2) is 34.9 Å². The number of rotatable bonds is 7. The average Bonchev–Trinajstić information content (AvgIpc) is 3.01. The summed E-state index contributed by atoms with van der Waals surface area (Å²) in [5.74, 6) is -0.700. The number of nitrogens with one attached hydrogen (secondary N) is 1. The summed E-state index contributed by atoms with van der Waals surface area (Å²) in [7, 11) is 0. The molecule has 1 amide bonds. The van der Waals surface area contributed by atoms with Crippen LogP contribution in [0.25, 0.3) is 22.4 Å². The van der Waals surface area contributed by atoms with Crippen LogP contribution in [-0.2, 0) is 4.74 Å². The van der Waals surface area contributed by atoms with Gasteiger partial charge in [-0.1, -0.05) is 17.3 Å². The van der Waals surface area contributed by atoms with Gasteiger partial charge in [-0.15, -0.1) is 0 Å². The zero-order chi connectivity index (χ0) is 19.4. The summed E-state index contributed by atoms with van der Waals surface area (Å²) < 4.78 is 24.9. The van der Waals surface area contributed by atoms with Crippen LogP contribution >= 0.6 is 0 Å². The van der Waals surface area contributed by atoms with E-state index in [-0.39, 0.29) is 17.7 Å². The summed E-state index contributed by atoms with van der Waals surface area (Å²) in [6.07, 6.45) is 0.851. The van der Waals surface area contributed by atoms with E-state index in [0.29, 0.717) is 47.5 Å². The van der Waals surface area contributed by atoms with Crippen LogP contribution in [-0.4, -0.2) is 35.3 Å². The Morgan fingerprint density at radius 3 is 2.85 bits per heavy atom. The van der Waals surface area contributed by atoms with Crippen molar-refractivity contribution in [3.63, 3.8) is 0 Å². The van der Waals surface area contributed by atoms with Crippen LogP contribution in [0.4, 0.5) is 4.39 Å². The topological polar surface area (TPSA) is 77.2 Å². The molecule has 0 saturated heterocycles. The Labute approximate surface area is 156 Å². The van der Waals surface area contributed by atoms with Crippen LogP contribution in [0.5, 0.6) is 0 Å². The first-order chi connectivity index (χ1) is 13.0. The maximum absolute atomic E-state index is 14.2. The third-order valence-electron chi connectivity index (χ3n) is 4.07. The molecule has 3 aromatic rings. The number of carbonyl (C=O) groups is 1. The molecule has 0 fully saturated rings. The second-order valence-corrected chi connectivity index (χ2v) is 6.51. The summed E-state index contributed by atoms with van der Waals surface area (Å²) in [4.78, 5) is 17.1. The van der Waals surface area contributed by atoms with Gasteiger partial charge in [0, 0.05) is 18.7 Å². The van der Waals surface area contributed by atoms with Crippen molar-refractivity contribution >= 4 is 17.0 Å². The van der Waals surface area contributed by atoms with Crippen molar-refractivity contribution in [2.45, 2.75) is 33.3 Å². The molecule has 0 aliphatic rings. The number of ether oxygens (including phenoxy) is 1. The van der Waals surface area contributed by atoms with Crippen molar-refractivity contribution in [2.75, 3.05) is 13.2 Å². The van der Waals surface area contributed by atoms with Gasteiger partial charge in [0.25, 0.3) is 11.6 Å². The molecule has 2 heterocycles. The van der Waals surface area contributed by atoms with Crippen molar-refractivity contribution < 1.29 is 18.4 Å². The number of hydrogen-bond acceptors (Lipinski definition) is 5. The standard InChI is InChI=1S/C20H22FN3O3/c1-12(2)26-10-6-9-22-19(25)15-11-17(14-7-4-5-8-16(14)21)23-20-18(15)13(3)24-27-20/h4-5,7-8,11-12H,6,9-10H2,1-3H3,(H,22,25). The molecule has 0 radical (unpaired) electrons. The monoisotopic (exact) mass is 371 g/mol. The third kappa shape index (κ3) is 4.31. The lowest BCUT2D eigenvalue weighted by atomic mass is 10.0. The summed E-state index contributed by atoms with van der Waals surface area (Å²) in [6.45, 7) is 6.70. The van der Waals surface area contributed by atoms with Crippen LogP contribution in [0, 0.1) is 12.7 Å². The lowest BCUT2D eigenvalue weighted by Crippen LogP contribution is -2.26. The Kier molecular flexibility index (Phi) is 5.81. The second-order valence-electron chi connectivity index (χ2n) is 6.51. The Morgan fingerprint density at radius 2 is 2.11 bits per heavy atom. The molecule has 0 unspecified atom stereocenters. The summed E-state index contributed by atoms with van der Waals surface area (Å²) in [5, 5.41) is 7.29. The predicted octanol–water partition coefficient (Wildman–Crippen LogP) is 3.88. The molecule has 27 heavy (non-hydrogen) atoms. The van der Waals surface area contributed by atoms with Gasteiger partial charge in [0.1, 0.15) is 5.82 Å². The lowest BCUT2D eigenvalue weighted by Gasteiger charge is -2.10. The van der Waals surface area contributed by atoms with Gasteiger partial charge in [0.05, 0.1) is 28.4 Å². The van der Waals surface area contributed by atoms with Crippen molar-refractivity contribution in [1.29, 1.82) is 0 Å². The number of hydrogen-bond donors (Lipinski definition) is 1. The second kappa shape index (κ2) is 8.26. The minimum absolute atomic E-state index is 0.156. The van der Waals surface area contributed by atoms with Crippen molar-refractivity contribution in [3.05, 3.63) is 47.4 Å². The first-order valence-electron chi connectivity index (χ1n) is 8.89. The van der Waals surface area contributed by atoms with E-state index < -0.39 is 5.82 Å². The van der Waals surface area contributed by atoms with Gasteiger partial charge in [0.15, 0.2) is 0 Å². The first kappa shape index (κ1) is 19.0. The van der Waals surface area contributed by atoms with E-state index in [1.165, 1.54) is 6.07 Å². The van der Waals surface area contributed by atoms with E-state index in [1.807, 2.05) is 13.8 Å². The molecule has 3 rings (SSSR count). The van der Waals surface area contributed by atoms with E-state index >= 15 is 0 Å². The number of fused-ring (bicyclic) bond motifs is 1. The quantitative estimate of drug-likeness (QED) is 0.638. The van der Waals surface area contributed by atoms with Crippen LogP contribution in [0.1, 0.15) is 36.3 Å². The van der Waals surface area contributed by atoms with E-state index in [1.54, 1.807) is 31.2 Å². The highest BCUT2D eigenvalue weighted by Gasteiger charge is 2.20. The normalized spacial score (nSPS) is 11.3. The fourth-order valence-corrected chi connectivity index (χ4v) is 2.77. The highest BCUT2D eigenvalue weighted by Crippen LogP contribution is 2.28. The average molecular weight is 371 g/mol. The van der Waals surface area contributed by atoms with Gasteiger partial charge < -0.3 is 14.6 Å². The first-order valence-corrected chi connectivity index (χ1v) is 8.89. The largest absolute Gasteiger partial charge is 0.379 e. The van der Waals surface area contributed by atoms with Crippen molar-refractivity contribution in [1.82, 2.24) is 15.5 Å². The molecule has 2 aromatic heterocycles. The van der Waals surface area contributed by atoms with E-state index in [4.69, 9.17) is 9.26 Å². The van der Waals surface area contributed by atoms with Gasteiger partial charge in [-0.05, 0) is 45.4 Å². The van der Waals surface area contributed by atoms with Crippen molar-refractivity contribution in [2.24, 2.45) is 0 Å². The number of aromatic nitrogens is 2. The molecule has 0 aliphatic heterocycles. The number of carbonyl (C=O) groups excluding carboxylic acids is 1. The number of amides is 1. The Bertz CT molecular complexity index is 953. The number of benzene rings is 1. The maximum Gasteiger partial charge on any atom is 0.259 e. The maximum atomic E-state index is 14.2. The Balaban J connectivity index is 1.88. The molecule has 142 valence electrons. The van der Waals surface area contributed by atoms with Crippen molar-refractivity contribution in [3.8, 4) is 11.3 Å². The number of halogens is 1. The lowest BCUT2D eigenvalue weighted by molar-refractivity contribution is 0.0757. The highest BCUT2D eigenvalue weighted by atomic mass is 19.1. The molecule has 1 aromatic carbocycles. The van der Waals surface area contributed by atoms with E-state index in [2.05, 4.69) is 15.5 Å². The summed E-state index contributed by atoms with van der Waals surface area (Å²) in [5.41, 5.74) is 1.76. The van der Waals surface area contributed by atoms with E-state index in [0.717, 1.165) is 0 Å². The number of pyridine rings is 1. The van der Waals surface area contributed by atoms with Gasteiger partial charge in [-0.3, -0.25) is 4.79 Å². The Hall–Kier alpha value is -2.80. The zero-order valence-electron chi connectivity index (χ0n) is 15.6. The molecule has 0 saturated carbocycles. The minimum Gasteiger partial charge on any atom is -0.379 e. The molecule has 6 nitrogen and oxygen atoms in total. The van der Waals surface area contributed by atoms with Crippen LogP contribution in [0.2, 0.25) is 0 Å². The highest BCUT2D eigenvalue weighted by molar-refractivity contribution is 6.07. The molecular formula is C20H22FN3O3. The van der Waals surface area contributed by atoms with Gasteiger partial charge >= 0.3 is 0 Å². The molecule has 7 heteroatoms. The SMILES string of the molecule is Cc1noc2nc(-c3ccccc3F)cc(C(=O)NCCCOC(C)C)c12. The fourth-order valence-electron chi connectivity index (χ4n) is 2.77. The Morgan fingerprint density at radius 1 is 1.33 bits per heavy atom. The minimum atomic E-state index is -0.419. The van der Waals surface area contributed by atoms with E-state index in [9.17, 15) is 9.18 Å². The summed E-state index contributed by atoms with van der Waals surface area (Å²) >= 11 is 0. The molecular weight excluding hydrogens is 349 g/mol. The molecule has 1 N–H and O–H groups in total. The van der Waals surface area contributed by atoms with Crippen LogP contribution in [0.3, 0.4) is 0 Å². The number of nitrogens with zero attached hydrogens (tertiary/aromatic N) is 2. The molecule has 0 atom stereocenters. The van der Waals surface area contributed by atoms with Gasteiger partial charge in [-0.2, -0.15) is 0 Å². The molecule has 0 spiro atoms. The summed E-state index contributed by atoms with van der Waals surface area (Å²) in [6, 6.07) is 7.84. The van der Waals surface area contributed by atoms with Gasteiger partial charge in [0.2, 0.25) is 0 Å². The smallest absolute Gasteiger partial charge is 0.259 e. The fraction of sp³-hybridized carbons (Fsp3) is 0.350. The zero-order valence-corrected chi connectivity index (χ0v) is 15.6. The van der Waals surface area contributed by atoms with Gasteiger partial charge in [-0.25, -0.2) is 9.37 Å². The number of aryl methyl sites for hydroxylation is 1.